The highest BCUT2D eigenvalue weighted by Crippen LogP contribution is 2.25. The molecule has 0 spiro atoms. The Balaban J connectivity index is 2.28. The Morgan fingerprint density at radius 3 is 2.95 bits per heavy atom. The molecule has 5 nitrogen and oxygen atoms in total. The van der Waals surface area contributed by atoms with Crippen molar-refractivity contribution in [3.63, 3.8) is 0 Å². The second-order valence-electron chi connectivity index (χ2n) is 4.85. The Morgan fingerprint density at radius 2 is 2.26 bits per heavy atom. The molecule has 0 atom stereocenters. The van der Waals surface area contributed by atoms with Crippen LogP contribution in [0.2, 0.25) is 0 Å². The third-order valence-corrected chi connectivity index (χ3v) is 3.42. The number of hydrogen-bond donors (Lipinski definition) is 1. The third-order valence-electron chi connectivity index (χ3n) is 3.42. The molecule has 19 heavy (non-hydrogen) atoms. The maximum atomic E-state index is 10.6. The molecule has 1 aliphatic rings. The Labute approximate surface area is 112 Å². The Hall–Kier alpha value is -2.09. The van der Waals surface area contributed by atoms with Crippen molar-refractivity contribution in [1.82, 2.24) is 4.98 Å². The lowest BCUT2D eigenvalue weighted by atomic mass is 9.95. The zero-order valence-corrected chi connectivity index (χ0v) is 11.0. The summed E-state index contributed by atoms with van der Waals surface area (Å²) in [4.78, 5) is 16.9. The van der Waals surface area contributed by atoms with E-state index in [4.69, 9.17) is 5.11 Å². The highest BCUT2D eigenvalue weighted by Gasteiger charge is 2.17. The summed E-state index contributed by atoms with van der Waals surface area (Å²) in [5.41, 5.74) is 2.76. The molecule has 1 heterocycles. The summed E-state index contributed by atoms with van der Waals surface area (Å²) in [6.45, 7) is 0.357. The summed E-state index contributed by atoms with van der Waals surface area (Å²) in [7, 11) is 1.78. The lowest BCUT2D eigenvalue weighted by Crippen LogP contribution is -2.24. The van der Waals surface area contributed by atoms with Crippen LogP contribution in [0.3, 0.4) is 0 Å². The molecule has 0 bridgehead atoms. The average Bonchev–Trinajstić information content (AvgIpc) is 2.43. The first-order chi connectivity index (χ1) is 9.11. The molecule has 2 rings (SSSR count). The fraction of sp³-hybridized carbons (Fsp3) is 0.500. The van der Waals surface area contributed by atoms with Crippen molar-refractivity contribution in [3.8, 4) is 6.07 Å². The van der Waals surface area contributed by atoms with Gasteiger partial charge in [-0.05, 0) is 37.3 Å². The third kappa shape index (κ3) is 3.02. The molecule has 1 aromatic heterocycles. The smallest absolute Gasteiger partial charge is 0.305 e. The number of rotatable bonds is 4. The summed E-state index contributed by atoms with van der Waals surface area (Å²) in [6, 6.07) is 4.07. The van der Waals surface area contributed by atoms with Crippen LogP contribution in [-0.4, -0.2) is 29.7 Å². The van der Waals surface area contributed by atoms with Gasteiger partial charge in [-0.25, -0.2) is 4.98 Å². The molecule has 0 aliphatic heterocycles. The van der Waals surface area contributed by atoms with E-state index in [1.807, 2.05) is 6.07 Å². The van der Waals surface area contributed by atoms with Crippen molar-refractivity contribution in [2.45, 2.75) is 32.1 Å². The van der Waals surface area contributed by atoms with Gasteiger partial charge in [-0.15, -0.1) is 0 Å². The van der Waals surface area contributed by atoms with Crippen LogP contribution in [0.4, 0.5) is 5.82 Å². The summed E-state index contributed by atoms with van der Waals surface area (Å²) < 4.78 is 0. The number of aromatic nitrogens is 1. The number of aryl methyl sites for hydroxylation is 2. The Bertz CT molecular complexity index is 534. The normalized spacial score (nSPS) is 13.5. The van der Waals surface area contributed by atoms with Gasteiger partial charge in [0.25, 0.3) is 0 Å². The summed E-state index contributed by atoms with van der Waals surface area (Å²) in [5, 5.41) is 17.9. The molecule has 1 aliphatic carbocycles. The van der Waals surface area contributed by atoms with E-state index in [1.54, 1.807) is 11.9 Å². The van der Waals surface area contributed by atoms with Crippen molar-refractivity contribution < 1.29 is 9.90 Å². The lowest BCUT2D eigenvalue weighted by Gasteiger charge is -2.22. The van der Waals surface area contributed by atoms with Crippen molar-refractivity contribution in [2.24, 2.45) is 0 Å². The number of aliphatic carboxylic acids is 1. The Kier molecular flexibility index (Phi) is 4.00. The Morgan fingerprint density at radius 1 is 1.53 bits per heavy atom. The van der Waals surface area contributed by atoms with E-state index < -0.39 is 5.97 Å². The minimum absolute atomic E-state index is 0.0418. The van der Waals surface area contributed by atoms with E-state index >= 15 is 0 Å². The van der Waals surface area contributed by atoms with Gasteiger partial charge in [-0.2, -0.15) is 5.26 Å². The lowest BCUT2D eigenvalue weighted by molar-refractivity contribution is -0.136. The second kappa shape index (κ2) is 5.70. The van der Waals surface area contributed by atoms with E-state index in [0.29, 0.717) is 17.9 Å². The van der Waals surface area contributed by atoms with Crippen LogP contribution in [0, 0.1) is 11.3 Å². The van der Waals surface area contributed by atoms with E-state index in [-0.39, 0.29) is 6.42 Å². The van der Waals surface area contributed by atoms with Gasteiger partial charge >= 0.3 is 5.97 Å². The molecular weight excluding hydrogens is 242 g/mol. The number of carbonyl (C=O) groups is 1. The van der Waals surface area contributed by atoms with Crippen molar-refractivity contribution in [1.29, 1.82) is 5.26 Å². The van der Waals surface area contributed by atoms with Gasteiger partial charge in [0.05, 0.1) is 12.0 Å². The van der Waals surface area contributed by atoms with Gasteiger partial charge in [0.1, 0.15) is 11.9 Å². The molecule has 0 radical (unpaired) electrons. The molecule has 100 valence electrons. The summed E-state index contributed by atoms with van der Waals surface area (Å²) in [6.07, 6.45) is 4.25. The van der Waals surface area contributed by atoms with Crippen molar-refractivity contribution in [2.75, 3.05) is 18.5 Å². The van der Waals surface area contributed by atoms with Crippen LogP contribution < -0.4 is 4.90 Å². The molecule has 0 amide bonds. The largest absolute Gasteiger partial charge is 0.481 e. The predicted octanol–water partition coefficient (Wildman–Crippen LogP) is 1.74. The molecule has 5 heteroatoms. The predicted molar refractivity (Wildman–Crippen MR) is 71.1 cm³/mol. The number of carboxylic acids is 1. The fourth-order valence-corrected chi connectivity index (χ4v) is 2.37. The van der Waals surface area contributed by atoms with Crippen LogP contribution in [0.5, 0.6) is 0 Å². The quantitative estimate of drug-likeness (QED) is 0.891. The van der Waals surface area contributed by atoms with Gasteiger partial charge in [0.15, 0.2) is 0 Å². The molecule has 1 N–H and O–H groups in total. The molecule has 0 saturated carbocycles. The summed E-state index contributed by atoms with van der Waals surface area (Å²) >= 11 is 0. The van der Waals surface area contributed by atoms with Crippen LogP contribution in [0.25, 0.3) is 0 Å². The maximum Gasteiger partial charge on any atom is 0.305 e. The van der Waals surface area contributed by atoms with Gasteiger partial charge < -0.3 is 10.0 Å². The van der Waals surface area contributed by atoms with E-state index in [0.717, 1.165) is 36.9 Å². The standard InChI is InChI=1S/C14H17N3O2/c1-17(7-6-13(18)19)14-11(9-15)8-10-4-2-3-5-12(10)16-14/h8H,2-7H2,1H3,(H,18,19). The topological polar surface area (TPSA) is 77.2 Å². The highest BCUT2D eigenvalue weighted by molar-refractivity contribution is 5.68. The number of carboxylic acid groups (broad SMARTS) is 1. The zero-order valence-electron chi connectivity index (χ0n) is 11.0. The highest BCUT2D eigenvalue weighted by atomic mass is 16.4. The van der Waals surface area contributed by atoms with Crippen LogP contribution in [-0.2, 0) is 17.6 Å². The van der Waals surface area contributed by atoms with Crippen molar-refractivity contribution in [3.05, 3.63) is 22.9 Å². The summed E-state index contributed by atoms with van der Waals surface area (Å²) in [5.74, 6) is -0.243. The average molecular weight is 259 g/mol. The van der Waals surface area contributed by atoms with Crippen LogP contribution in [0.1, 0.15) is 36.1 Å². The van der Waals surface area contributed by atoms with E-state index in [1.165, 1.54) is 0 Å². The number of nitrogens with zero attached hydrogens (tertiary/aromatic N) is 3. The maximum absolute atomic E-state index is 10.6. The number of hydrogen-bond acceptors (Lipinski definition) is 4. The minimum atomic E-state index is -0.844. The van der Waals surface area contributed by atoms with Crippen LogP contribution >= 0.6 is 0 Å². The first-order valence-electron chi connectivity index (χ1n) is 6.47. The number of anilines is 1. The number of nitriles is 1. The van der Waals surface area contributed by atoms with Gasteiger partial charge in [-0.1, -0.05) is 0 Å². The molecular formula is C14H17N3O2. The first-order valence-corrected chi connectivity index (χ1v) is 6.47. The van der Waals surface area contributed by atoms with Gasteiger partial charge in [-0.3, -0.25) is 4.79 Å². The van der Waals surface area contributed by atoms with E-state index in [9.17, 15) is 10.1 Å². The monoisotopic (exact) mass is 259 g/mol. The minimum Gasteiger partial charge on any atom is -0.481 e. The first kappa shape index (κ1) is 13.3. The van der Waals surface area contributed by atoms with Gasteiger partial charge in [0, 0.05) is 19.3 Å². The SMILES string of the molecule is CN(CCC(=O)O)c1nc2c(cc1C#N)CCCC2. The van der Waals surface area contributed by atoms with Crippen molar-refractivity contribution >= 4 is 11.8 Å². The van der Waals surface area contributed by atoms with Gasteiger partial charge in [0.2, 0.25) is 0 Å². The number of pyridine rings is 1. The molecule has 0 unspecified atom stereocenters. The van der Waals surface area contributed by atoms with E-state index in [2.05, 4.69) is 11.1 Å². The number of fused-ring (bicyclic) bond motifs is 1. The molecule has 0 aromatic carbocycles. The molecule has 1 aromatic rings. The zero-order chi connectivity index (χ0) is 13.8. The second-order valence-corrected chi connectivity index (χ2v) is 4.85. The fourth-order valence-electron chi connectivity index (χ4n) is 2.37. The molecule has 0 fully saturated rings. The van der Waals surface area contributed by atoms with Crippen LogP contribution in [0.15, 0.2) is 6.07 Å². The molecule has 0 saturated heterocycles.